The van der Waals surface area contributed by atoms with Gasteiger partial charge in [-0.2, -0.15) is 0 Å². The second-order valence-electron chi connectivity index (χ2n) is 4.05. The van der Waals surface area contributed by atoms with Crippen molar-refractivity contribution in [2.24, 2.45) is 0 Å². The first kappa shape index (κ1) is 18.2. The predicted octanol–water partition coefficient (Wildman–Crippen LogP) is 1.93. The molecule has 0 aliphatic carbocycles. The van der Waals surface area contributed by atoms with E-state index in [0.29, 0.717) is 12.2 Å². The molecule has 0 heterocycles. The van der Waals surface area contributed by atoms with Crippen LogP contribution in [0.3, 0.4) is 0 Å². The van der Waals surface area contributed by atoms with E-state index in [1.54, 1.807) is 0 Å². The molecule has 0 aromatic rings. The summed E-state index contributed by atoms with van der Waals surface area (Å²) in [6.45, 7) is 10.9. The summed E-state index contributed by atoms with van der Waals surface area (Å²) in [6.07, 6.45) is 0.692. The minimum absolute atomic E-state index is 0.0625. The molecule has 0 aliphatic rings. The molecule has 0 bridgehead atoms. The molecule has 0 atom stereocenters. The topological polar surface area (TPSA) is 52.6 Å². The molecule has 16 heavy (non-hydrogen) atoms. The lowest BCUT2D eigenvalue weighted by molar-refractivity contribution is -0.124. The molecule has 0 saturated carbocycles. The summed E-state index contributed by atoms with van der Waals surface area (Å²) in [5, 5.41) is 0. The van der Waals surface area contributed by atoms with Gasteiger partial charge in [0.25, 0.3) is 0 Å². The lowest BCUT2D eigenvalue weighted by atomic mass is 10.2. The van der Waals surface area contributed by atoms with Gasteiger partial charge in [-0.1, -0.05) is 0 Å². The molecule has 0 amide bonds. The van der Waals surface area contributed by atoms with Crippen LogP contribution in [0.4, 0.5) is 0 Å². The normalized spacial score (nSPS) is 9.75. The summed E-state index contributed by atoms with van der Waals surface area (Å²) in [5.74, 6) is -0.125. The summed E-state index contributed by atoms with van der Waals surface area (Å²) in [7, 11) is 0. The van der Waals surface area contributed by atoms with E-state index in [2.05, 4.69) is 0 Å². The van der Waals surface area contributed by atoms with Crippen molar-refractivity contribution >= 4 is 27.5 Å². The van der Waals surface area contributed by atoms with Gasteiger partial charge in [-0.15, -0.1) is 0 Å². The van der Waals surface area contributed by atoms with Crippen molar-refractivity contribution in [1.29, 1.82) is 0 Å². The number of rotatable bonds is 6. The Balaban J connectivity index is 0. The maximum Gasteiger partial charge on any atom is 0.668 e. The molecule has 0 spiro atoms. The van der Waals surface area contributed by atoms with E-state index >= 15 is 0 Å². The third-order valence-electron chi connectivity index (χ3n) is 1.15. The third-order valence-corrected chi connectivity index (χ3v) is 2.46. The van der Waals surface area contributed by atoms with Crippen molar-refractivity contribution in [1.82, 2.24) is 0 Å². The van der Waals surface area contributed by atoms with Gasteiger partial charge in [0.2, 0.25) is 0 Å². The van der Waals surface area contributed by atoms with E-state index in [1.807, 2.05) is 27.7 Å². The SMILES string of the molecule is CC(=O)CC(C)=O.CC(C)[O][Al][O]C(C)C. The lowest BCUT2D eigenvalue weighted by Crippen LogP contribution is -2.14. The van der Waals surface area contributed by atoms with E-state index in [9.17, 15) is 9.59 Å². The molecule has 93 valence electrons. The average Bonchev–Trinajstić information content (AvgIpc) is 2.00. The van der Waals surface area contributed by atoms with Crippen LogP contribution in [-0.2, 0) is 17.2 Å². The van der Waals surface area contributed by atoms with Crippen molar-refractivity contribution in [3.63, 3.8) is 0 Å². The summed E-state index contributed by atoms with van der Waals surface area (Å²) < 4.78 is 10.4. The van der Waals surface area contributed by atoms with E-state index in [0.717, 1.165) is 0 Å². The molecule has 0 fully saturated rings. The third kappa shape index (κ3) is 23.5. The van der Waals surface area contributed by atoms with Crippen molar-refractivity contribution in [3.05, 3.63) is 0 Å². The average molecular weight is 245 g/mol. The Morgan fingerprint density at radius 1 is 0.938 bits per heavy atom. The minimum Gasteiger partial charge on any atom is -0.482 e. The van der Waals surface area contributed by atoms with Gasteiger partial charge in [0.1, 0.15) is 11.6 Å². The number of hydrogen-bond acceptors (Lipinski definition) is 4. The van der Waals surface area contributed by atoms with Crippen molar-refractivity contribution in [3.8, 4) is 0 Å². The summed E-state index contributed by atoms with van der Waals surface area (Å²) in [4.78, 5) is 20.1. The lowest BCUT2D eigenvalue weighted by Gasteiger charge is -2.09. The van der Waals surface area contributed by atoms with Crippen LogP contribution in [0.2, 0.25) is 0 Å². The molecule has 4 nitrogen and oxygen atoms in total. The fourth-order valence-electron chi connectivity index (χ4n) is 0.605. The van der Waals surface area contributed by atoms with E-state index in [-0.39, 0.29) is 33.9 Å². The Labute approximate surface area is 105 Å². The van der Waals surface area contributed by atoms with Crippen LogP contribution >= 0.6 is 0 Å². The largest absolute Gasteiger partial charge is 0.668 e. The van der Waals surface area contributed by atoms with Crippen LogP contribution in [-0.4, -0.2) is 39.7 Å². The van der Waals surface area contributed by atoms with Crippen LogP contribution in [0.5, 0.6) is 0 Å². The Kier molecular flexibility index (Phi) is 12.8. The second-order valence-corrected chi connectivity index (χ2v) is 4.78. The number of carbonyl (C=O) groups excluding carboxylic acids is 2. The quantitative estimate of drug-likeness (QED) is 0.530. The maximum atomic E-state index is 10.0. The molecule has 0 saturated heterocycles. The molecule has 0 aromatic heterocycles. The molecular weight excluding hydrogens is 223 g/mol. The van der Waals surface area contributed by atoms with Crippen molar-refractivity contribution < 1.29 is 17.2 Å². The highest BCUT2D eigenvalue weighted by atomic mass is 27.2. The van der Waals surface area contributed by atoms with Gasteiger partial charge in [-0.25, -0.2) is 0 Å². The van der Waals surface area contributed by atoms with Gasteiger partial charge >= 0.3 is 15.9 Å². The molecular formula is C11H22AlO4. The summed E-state index contributed by atoms with van der Waals surface area (Å²) in [6, 6.07) is 0. The molecule has 0 aromatic carbocycles. The Morgan fingerprint density at radius 2 is 1.25 bits per heavy atom. The fourth-order valence-corrected chi connectivity index (χ4v) is 1.11. The van der Waals surface area contributed by atoms with Crippen LogP contribution in [0.25, 0.3) is 0 Å². The molecule has 0 unspecified atom stereocenters. The first-order valence-corrected chi connectivity index (χ1v) is 6.31. The Hall–Kier alpha value is -0.208. The smallest absolute Gasteiger partial charge is 0.482 e. The monoisotopic (exact) mass is 245 g/mol. The first-order valence-electron chi connectivity index (χ1n) is 5.37. The zero-order valence-electron chi connectivity index (χ0n) is 11.1. The van der Waals surface area contributed by atoms with Gasteiger partial charge in [-0.05, 0) is 41.5 Å². The number of ketones is 2. The van der Waals surface area contributed by atoms with Crippen molar-refractivity contribution in [2.75, 3.05) is 0 Å². The van der Waals surface area contributed by atoms with Crippen LogP contribution in [0.1, 0.15) is 48.0 Å². The Bertz CT molecular complexity index is 182. The number of hydrogen-bond donors (Lipinski definition) is 0. The minimum atomic E-state index is -0.245. The molecule has 5 heteroatoms. The van der Waals surface area contributed by atoms with E-state index in [4.69, 9.17) is 7.58 Å². The van der Waals surface area contributed by atoms with E-state index < -0.39 is 0 Å². The molecule has 0 rings (SSSR count). The van der Waals surface area contributed by atoms with Gasteiger partial charge in [0.15, 0.2) is 0 Å². The van der Waals surface area contributed by atoms with Crippen LogP contribution in [0, 0.1) is 0 Å². The van der Waals surface area contributed by atoms with Crippen LogP contribution in [0.15, 0.2) is 0 Å². The van der Waals surface area contributed by atoms with Gasteiger partial charge in [0.05, 0.1) is 6.42 Å². The van der Waals surface area contributed by atoms with Gasteiger partial charge < -0.3 is 7.58 Å². The number of carbonyl (C=O) groups is 2. The summed E-state index contributed by atoms with van der Waals surface area (Å²) in [5.41, 5.74) is 0. The first-order chi connectivity index (χ1) is 7.25. The second kappa shape index (κ2) is 11.3. The highest BCUT2D eigenvalue weighted by Gasteiger charge is 2.01. The molecule has 1 radical (unpaired) electrons. The predicted molar refractivity (Wildman–Crippen MR) is 64.2 cm³/mol. The number of Topliss-reactive ketones (excluding diaryl/α,β-unsaturated/α-hetero) is 2. The molecule has 0 aliphatic heterocycles. The molecule has 0 N–H and O–H groups in total. The maximum absolute atomic E-state index is 10.0. The van der Waals surface area contributed by atoms with Gasteiger partial charge in [0, 0.05) is 12.2 Å². The van der Waals surface area contributed by atoms with E-state index in [1.165, 1.54) is 13.8 Å². The Morgan fingerprint density at radius 3 is 1.38 bits per heavy atom. The summed E-state index contributed by atoms with van der Waals surface area (Å²) >= 11 is -0.245. The fraction of sp³-hybridized carbons (Fsp3) is 0.818. The highest BCUT2D eigenvalue weighted by Crippen LogP contribution is 1.89. The highest BCUT2D eigenvalue weighted by molar-refractivity contribution is 6.18. The zero-order valence-corrected chi connectivity index (χ0v) is 12.2. The van der Waals surface area contributed by atoms with Gasteiger partial charge in [-0.3, -0.25) is 9.59 Å². The standard InChI is InChI=1S/C5H8O2.2C3H7O.Al/c1-4(6)3-5(2)7;2*1-3(2)4;/h3H2,1-2H3;2*3H,1-2H3;/q;2*-1;+2. The van der Waals surface area contributed by atoms with Crippen molar-refractivity contribution in [2.45, 2.75) is 60.2 Å². The zero-order chi connectivity index (χ0) is 13.1. The van der Waals surface area contributed by atoms with Crippen LogP contribution < -0.4 is 0 Å².